The van der Waals surface area contributed by atoms with Crippen LogP contribution in [0.15, 0.2) is 0 Å². The largest absolute Gasteiger partial charge is 0.542 e. The third-order valence-electron chi connectivity index (χ3n) is 1.38. The summed E-state index contributed by atoms with van der Waals surface area (Å²) in [6.45, 7) is 2.19. The fraction of sp³-hybridized carbons (Fsp3) is 0.875. The number of hydrogen-bond acceptors (Lipinski definition) is 1. The number of unbranched alkanes of at least 4 members (excludes halogenated alkanes) is 5. The second kappa shape index (κ2) is 12.5. The van der Waals surface area contributed by atoms with E-state index in [-0.39, 0.29) is 32.7 Å². The van der Waals surface area contributed by atoms with Crippen LogP contribution in [0.4, 0.5) is 0 Å². The Balaban J connectivity index is 0. The summed E-state index contributed by atoms with van der Waals surface area (Å²) in [4.78, 5) is 9.71. The molecule has 0 amide bonds. The van der Waals surface area contributed by atoms with Crippen LogP contribution in [-0.2, 0) is 37.5 Å². The normalized spacial score (nSPS) is 8.50. The van der Waals surface area contributed by atoms with E-state index in [4.69, 9.17) is 0 Å². The van der Waals surface area contributed by atoms with Crippen molar-refractivity contribution in [1.29, 1.82) is 0 Å². The summed E-state index contributed by atoms with van der Waals surface area (Å²) in [6.07, 6.45) is 8.60. The maximum absolute atomic E-state index is 9.71. The zero-order valence-electron chi connectivity index (χ0n) is 6.73. The van der Waals surface area contributed by atoms with Gasteiger partial charge in [-0.2, -0.15) is 6.42 Å². The molecule has 2 heteroatoms. The molecule has 10 heavy (non-hydrogen) atoms. The molecule has 0 rings (SSSR count). The molecule has 0 aliphatic carbocycles. The molecule has 0 aromatic carbocycles. The Morgan fingerprint density at radius 3 is 2.20 bits per heavy atom. The average molecular weight is 216 g/mol. The first-order valence-corrected chi connectivity index (χ1v) is 3.76. The molecule has 0 saturated carbocycles. The molecule has 0 aliphatic rings. The molecule has 0 fully saturated rings. The number of carbonyl (C=O) groups excluding carboxylic acids is 1. The van der Waals surface area contributed by atoms with Gasteiger partial charge in [-0.15, -0.1) is 0 Å². The minimum atomic E-state index is 0. The first-order chi connectivity index (χ1) is 4.41. The fourth-order valence-corrected chi connectivity index (χ4v) is 0.801. The van der Waals surface area contributed by atoms with Gasteiger partial charge in [-0.3, -0.25) is 6.29 Å². The molecular weight excluding hydrogens is 201 g/mol. The van der Waals surface area contributed by atoms with Crippen LogP contribution >= 0.6 is 0 Å². The van der Waals surface area contributed by atoms with Crippen LogP contribution < -0.4 is 0 Å². The second-order valence-electron chi connectivity index (χ2n) is 2.31. The second-order valence-corrected chi connectivity index (χ2v) is 2.31. The van der Waals surface area contributed by atoms with Crippen molar-refractivity contribution in [3.05, 3.63) is 0 Å². The molecule has 0 atom stereocenters. The fourth-order valence-electron chi connectivity index (χ4n) is 0.801. The van der Waals surface area contributed by atoms with Gasteiger partial charge in [0.1, 0.15) is 0 Å². The van der Waals surface area contributed by atoms with Crippen LogP contribution in [0.2, 0.25) is 0 Å². The van der Waals surface area contributed by atoms with E-state index < -0.39 is 0 Å². The van der Waals surface area contributed by atoms with Crippen molar-refractivity contribution in [1.82, 2.24) is 0 Å². The number of rotatable bonds is 6. The van der Waals surface area contributed by atoms with Crippen LogP contribution in [-0.4, -0.2) is 6.29 Å². The molecule has 0 aromatic rings. The molecule has 0 spiro atoms. The van der Waals surface area contributed by atoms with Crippen LogP contribution in [0.1, 0.15) is 45.4 Å². The third kappa shape index (κ3) is 11.6. The van der Waals surface area contributed by atoms with E-state index in [0.29, 0.717) is 6.42 Å². The standard InChI is InChI=1S/C8H15O.Y/c1-2-3-4-5-6-7-8-9;/h2-7H2,1H3;/q-1;. The molecule has 0 bridgehead atoms. The van der Waals surface area contributed by atoms with Gasteiger partial charge in [-0.05, 0) is 0 Å². The smallest absolute Gasteiger partial charge is 0 e. The average Bonchev–Trinajstić information content (AvgIpc) is 1.89. The maximum atomic E-state index is 9.71. The van der Waals surface area contributed by atoms with Crippen molar-refractivity contribution in [2.45, 2.75) is 45.4 Å². The molecule has 1 nitrogen and oxygen atoms in total. The van der Waals surface area contributed by atoms with E-state index in [9.17, 15) is 4.79 Å². The molecule has 0 N–H and O–H groups in total. The van der Waals surface area contributed by atoms with Crippen LogP contribution in [0, 0.1) is 0 Å². The summed E-state index contributed by atoms with van der Waals surface area (Å²) < 4.78 is 0. The third-order valence-corrected chi connectivity index (χ3v) is 1.38. The van der Waals surface area contributed by atoms with Crippen molar-refractivity contribution in [3.63, 3.8) is 0 Å². The van der Waals surface area contributed by atoms with Crippen molar-refractivity contribution in [3.8, 4) is 0 Å². The van der Waals surface area contributed by atoms with Crippen molar-refractivity contribution >= 4 is 6.29 Å². The zero-order chi connectivity index (χ0) is 6.95. The monoisotopic (exact) mass is 216 g/mol. The predicted molar refractivity (Wildman–Crippen MR) is 39.1 cm³/mol. The zero-order valence-corrected chi connectivity index (χ0v) is 9.57. The molecular formula is C8H15OY-. The first kappa shape index (κ1) is 13.4. The van der Waals surface area contributed by atoms with Gasteiger partial charge in [0.15, 0.2) is 0 Å². The molecule has 0 heterocycles. The van der Waals surface area contributed by atoms with Crippen molar-refractivity contribution in [2.24, 2.45) is 0 Å². The molecule has 0 saturated heterocycles. The molecule has 0 aromatic heterocycles. The molecule has 1 radical (unpaired) electrons. The summed E-state index contributed by atoms with van der Waals surface area (Å²) in [5.41, 5.74) is 0. The quantitative estimate of drug-likeness (QED) is 0.492. The first-order valence-electron chi connectivity index (χ1n) is 3.76. The van der Waals surface area contributed by atoms with Gasteiger partial charge < -0.3 is 4.79 Å². The van der Waals surface area contributed by atoms with Gasteiger partial charge in [0.05, 0.1) is 0 Å². The Hall–Kier alpha value is 0.774. The summed E-state index contributed by atoms with van der Waals surface area (Å²) in [5, 5.41) is 0. The molecule has 0 unspecified atom stereocenters. The van der Waals surface area contributed by atoms with Gasteiger partial charge >= 0.3 is 0 Å². The van der Waals surface area contributed by atoms with Gasteiger partial charge in [0.25, 0.3) is 0 Å². The van der Waals surface area contributed by atoms with Crippen molar-refractivity contribution in [2.75, 3.05) is 0 Å². The van der Waals surface area contributed by atoms with E-state index in [0.717, 1.165) is 6.42 Å². The van der Waals surface area contributed by atoms with Crippen LogP contribution in [0.3, 0.4) is 0 Å². The van der Waals surface area contributed by atoms with Crippen molar-refractivity contribution < 1.29 is 37.5 Å². The summed E-state index contributed by atoms with van der Waals surface area (Å²) in [5.74, 6) is 0. The Bertz CT molecular complexity index is 64.3. The van der Waals surface area contributed by atoms with Crippen LogP contribution in [0.25, 0.3) is 0 Å². The SMILES string of the molecule is CCCCCCC[C-]=O.[Y]. The predicted octanol–water partition coefficient (Wildman–Crippen LogP) is 2.45. The van der Waals surface area contributed by atoms with Gasteiger partial charge in [0, 0.05) is 32.7 Å². The van der Waals surface area contributed by atoms with E-state index in [1.807, 2.05) is 6.29 Å². The minimum absolute atomic E-state index is 0. The van der Waals surface area contributed by atoms with E-state index in [2.05, 4.69) is 6.92 Å². The molecule has 57 valence electrons. The summed E-state index contributed by atoms with van der Waals surface area (Å²) >= 11 is 0. The summed E-state index contributed by atoms with van der Waals surface area (Å²) in [6, 6.07) is 0. The Kier molecular flexibility index (Phi) is 16.6. The van der Waals surface area contributed by atoms with Crippen LogP contribution in [0.5, 0.6) is 0 Å². The summed E-state index contributed by atoms with van der Waals surface area (Å²) in [7, 11) is 0. The maximum Gasteiger partial charge on any atom is 0 e. The van der Waals surface area contributed by atoms with E-state index in [1.54, 1.807) is 0 Å². The number of hydrogen-bond donors (Lipinski definition) is 0. The molecule has 0 aliphatic heterocycles. The van der Waals surface area contributed by atoms with E-state index in [1.165, 1.54) is 25.7 Å². The van der Waals surface area contributed by atoms with Gasteiger partial charge in [-0.1, -0.05) is 39.0 Å². The Labute approximate surface area is 88.8 Å². The van der Waals surface area contributed by atoms with Gasteiger partial charge in [-0.25, -0.2) is 0 Å². The Morgan fingerprint density at radius 2 is 1.70 bits per heavy atom. The minimum Gasteiger partial charge on any atom is -0.542 e. The van der Waals surface area contributed by atoms with E-state index >= 15 is 0 Å². The Morgan fingerprint density at radius 1 is 1.10 bits per heavy atom. The van der Waals surface area contributed by atoms with Gasteiger partial charge in [0.2, 0.25) is 0 Å². The topological polar surface area (TPSA) is 17.1 Å².